The van der Waals surface area contributed by atoms with Crippen molar-refractivity contribution in [3.63, 3.8) is 0 Å². The number of carbonyl (C=O) groups is 1. The Bertz CT molecular complexity index is 735. The first-order chi connectivity index (χ1) is 10.7. The molecule has 0 saturated carbocycles. The molecule has 4 heteroatoms. The number of hydrogen-bond donors (Lipinski definition) is 1. The lowest BCUT2D eigenvalue weighted by Crippen LogP contribution is -2.25. The SMILES string of the molecule is CCCCNC(=O)/C(C#N)=C/c1c(CC)oc2ccccc12. The molecule has 22 heavy (non-hydrogen) atoms. The van der Waals surface area contributed by atoms with Crippen LogP contribution in [0, 0.1) is 11.3 Å². The maximum Gasteiger partial charge on any atom is 0.261 e. The number of para-hydroxylation sites is 1. The van der Waals surface area contributed by atoms with Crippen LogP contribution in [0.1, 0.15) is 38.0 Å². The van der Waals surface area contributed by atoms with Crippen LogP contribution in [0.25, 0.3) is 17.0 Å². The lowest BCUT2D eigenvalue weighted by Gasteiger charge is -2.03. The average molecular weight is 296 g/mol. The van der Waals surface area contributed by atoms with Crippen LogP contribution in [0.15, 0.2) is 34.3 Å². The molecular weight excluding hydrogens is 276 g/mol. The normalized spacial score (nSPS) is 11.4. The molecule has 0 atom stereocenters. The summed E-state index contributed by atoms with van der Waals surface area (Å²) < 4.78 is 5.79. The van der Waals surface area contributed by atoms with Crippen molar-refractivity contribution in [2.75, 3.05) is 6.54 Å². The van der Waals surface area contributed by atoms with Gasteiger partial charge in [-0.2, -0.15) is 5.26 Å². The Morgan fingerprint density at radius 1 is 1.36 bits per heavy atom. The molecule has 1 aromatic carbocycles. The summed E-state index contributed by atoms with van der Waals surface area (Å²) in [5, 5.41) is 13.0. The number of benzene rings is 1. The number of hydrogen-bond acceptors (Lipinski definition) is 3. The summed E-state index contributed by atoms with van der Waals surface area (Å²) in [7, 11) is 0. The highest BCUT2D eigenvalue weighted by Crippen LogP contribution is 2.28. The van der Waals surface area contributed by atoms with Crippen LogP contribution >= 0.6 is 0 Å². The van der Waals surface area contributed by atoms with Crippen LogP contribution in [0.2, 0.25) is 0 Å². The molecule has 0 unspecified atom stereocenters. The highest BCUT2D eigenvalue weighted by molar-refractivity contribution is 6.04. The molecule has 114 valence electrons. The van der Waals surface area contributed by atoms with Gasteiger partial charge in [0.1, 0.15) is 23.0 Å². The average Bonchev–Trinajstić information content (AvgIpc) is 2.90. The minimum Gasteiger partial charge on any atom is -0.460 e. The number of unbranched alkanes of at least 4 members (excludes halogenated alkanes) is 1. The zero-order valence-corrected chi connectivity index (χ0v) is 13.0. The molecule has 2 aromatic rings. The number of rotatable bonds is 6. The van der Waals surface area contributed by atoms with Gasteiger partial charge in [0.25, 0.3) is 5.91 Å². The topological polar surface area (TPSA) is 66.0 Å². The standard InChI is InChI=1S/C18H20N2O2/c1-3-5-10-20-18(21)13(12-19)11-15-14-8-6-7-9-17(14)22-16(15)4-2/h6-9,11H,3-5,10H2,1-2H3,(H,20,21)/b13-11+. The van der Waals surface area contributed by atoms with E-state index in [-0.39, 0.29) is 11.5 Å². The second kappa shape index (κ2) is 7.46. The Labute approximate surface area is 130 Å². The van der Waals surface area contributed by atoms with Crippen molar-refractivity contribution in [3.05, 3.63) is 41.2 Å². The molecule has 0 aliphatic heterocycles. The van der Waals surface area contributed by atoms with Crippen molar-refractivity contribution in [1.29, 1.82) is 5.26 Å². The van der Waals surface area contributed by atoms with E-state index in [1.54, 1.807) is 6.08 Å². The number of furan rings is 1. The molecule has 1 amide bonds. The molecule has 0 fully saturated rings. The van der Waals surface area contributed by atoms with Gasteiger partial charge in [0.15, 0.2) is 0 Å². The molecule has 1 heterocycles. The zero-order chi connectivity index (χ0) is 15.9. The van der Waals surface area contributed by atoms with Gasteiger partial charge in [-0.25, -0.2) is 0 Å². The number of amides is 1. The van der Waals surface area contributed by atoms with Crippen LogP contribution in [0.4, 0.5) is 0 Å². The van der Waals surface area contributed by atoms with Crippen LogP contribution in [0.5, 0.6) is 0 Å². The molecule has 0 saturated heterocycles. The van der Waals surface area contributed by atoms with Crippen molar-refractivity contribution < 1.29 is 9.21 Å². The van der Waals surface area contributed by atoms with Crippen molar-refractivity contribution in [1.82, 2.24) is 5.32 Å². The van der Waals surface area contributed by atoms with Crippen molar-refractivity contribution in [3.8, 4) is 6.07 Å². The maximum absolute atomic E-state index is 12.1. The van der Waals surface area contributed by atoms with E-state index < -0.39 is 0 Å². The predicted molar refractivity (Wildman–Crippen MR) is 87.1 cm³/mol. The Morgan fingerprint density at radius 2 is 2.14 bits per heavy atom. The second-order valence-electron chi connectivity index (χ2n) is 5.07. The van der Waals surface area contributed by atoms with Gasteiger partial charge in [0.05, 0.1) is 0 Å². The zero-order valence-electron chi connectivity index (χ0n) is 13.0. The molecule has 0 aliphatic carbocycles. The summed E-state index contributed by atoms with van der Waals surface area (Å²) in [5.74, 6) is 0.457. The van der Waals surface area contributed by atoms with Gasteiger partial charge >= 0.3 is 0 Å². The third-order valence-corrected chi connectivity index (χ3v) is 3.50. The van der Waals surface area contributed by atoms with Gasteiger partial charge in [0, 0.05) is 23.9 Å². The fraction of sp³-hybridized carbons (Fsp3) is 0.333. The number of nitriles is 1. The van der Waals surface area contributed by atoms with E-state index in [1.807, 2.05) is 37.3 Å². The summed E-state index contributed by atoms with van der Waals surface area (Å²) in [4.78, 5) is 12.1. The van der Waals surface area contributed by atoms with Gasteiger partial charge in [-0.1, -0.05) is 38.5 Å². The third-order valence-electron chi connectivity index (χ3n) is 3.50. The Balaban J connectivity index is 2.37. The molecule has 1 N–H and O–H groups in total. The lowest BCUT2D eigenvalue weighted by atomic mass is 10.1. The smallest absolute Gasteiger partial charge is 0.261 e. The van der Waals surface area contributed by atoms with Crippen molar-refractivity contribution in [2.45, 2.75) is 33.1 Å². The van der Waals surface area contributed by atoms with E-state index >= 15 is 0 Å². The van der Waals surface area contributed by atoms with Gasteiger partial charge in [-0.15, -0.1) is 0 Å². The summed E-state index contributed by atoms with van der Waals surface area (Å²) in [6.45, 7) is 4.63. The number of aryl methyl sites for hydroxylation is 1. The summed E-state index contributed by atoms with van der Waals surface area (Å²) in [6.07, 6.45) is 4.24. The van der Waals surface area contributed by atoms with Gasteiger partial charge in [-0.05, 0) is 18.6 Å². The molecule has 0 radical (unpaired) electrons. The van der Waals surface area contributed by atoms with E-state index in [2.05, 4.69) is 12.2 Å². The predicted octanol–water partition coefficient (Wildman–Crippen LogP) is 3.82. The van der Waals surface area contributed by atoms with Crippen LogP contribution in [-0.4, -0.2) is 12.5 Å². The minimum atomic E-state index is -0.330. The van der Waals surface area contributed by atoms with Gasteiger partial charge in [-0.3, -0.25) is 4.79 Å². The van der Waals surface area contributed by atoms with Crippen molar-refractivity contribution in [2.24, 2.45) is 0 Å². The number of nitrogens with one attached hydrogen (secondary N) is 1. The summed E-state index contributed by atoms with van der Waals surface area (Å²) >= 11 is 0. The second-order valence-corrected chi connectivity index (χ2v) is 5.07. The molecule has 4 nitrogen and oxygen atoms in total. The maximum atomic E-state index is 12.1. The highest BCUT2D eigenvalue weighted by Gasteiger charge is 2.14. The van der Waals surface area contributed by atoms with E-state index in [0.29, 0.717) is 13.0 Å². The number of nitrogens with zero attached hydrogens (tertiary/aromatic N) is 1. The highest BCUT2D eigenvalue weighted by atomic mass is 16.3. The summed E-state index contributed by atoms with van der Waals surface area (Å²) in [5.41, 5.74) is 1.70. The first kappa shape index (κ1) is 15.8. The van der Waals surface area contributed by atoms with Gasteiger partial charge < -0.3 is 9.73 Å². The lowest BCUT2D eigenvalue weighted by molar-refractivity contribution is -0.117. The largest absolute Gasteiger partial charge is 0.460 e. The van der Waals surface area contributed by atoms with Crippen LogP contribution in [-0.2, 0) is 11.2 Å². The Kier molecular flexibility index (Phi) is 5.37. The fourth-order valence-electron chi connectivity index (χ4n) is 2.30. The van der Waals surface area contributed by atoms with E-state index in [9.17, 15) is 10.1 Å². The van der Waals surface area contributed by atoms with E-state index in [4.69, 9.17) is 4.42 Å². The van der Waals surface area contributed by atoms with Crippen LogP contribution < -0.4 is 5.32 Å². The van der Waals surface area contributed by atoms with E-state index in [0.717, 1.165) is 35.1 Å². The molecule has 2 rings (SSSR count). The fourth-order valence-corrected chi connectivity index (χ4v) is 2.30. The third kappa shape index (κ3) is 3.37. The molecular formula is C18H20N2O2. The van der Waals surface area contributed by atoms with E-state index in [1.165, 1.54) is 0 Å². The molecule has 1 aromatic heterocycles. The summed E-state index contributed by atoms with van der Waals surface area (Å²) in [6, 6.07) is 9.64. The minimum absolute atomic E-state index is 0.109. The molecule has 0 spiro atoms. The van der Waals surface area contributed by atoms with Crippen LogP contribution in [0.3, 0.4) is 0 Å². The first-order valence-corrected chi connectivity index (χ1v) is 7.61. The van der Waals surface area contributed by atoms with Crippen molar-refractivity contribution >= 4 is 23.0 Å². The first-order valence-electron chi connectivity index (χ1n) is 7.61. The van der Waals surface area contributed by atoms with Gasteiger partial charge in [0.2, 0.25) is 0 Å². The monoisotopic (exact) mass is 296 g/mol. The molecule has 0 aliphatic rings. The number of carbonyl (C=O) groups excluding carboxylic acids is 1. The number of fused-ring (bicyclic) bond motifs is 1. The Morgan fingerprint density at radius 3 is 2.82 bits per heavy atom. The Hall–Kier alpha value is -2.54. The quantitative estimate of drug-likeness (QED) is 0.500. The molecule has 0 bridgehead atoms.